The van der Waals surface area contributed by atoms with Gasteiger partial charge in [0.15, 0.2) is 20.2 Å². The molecule has 5 nitrogen and oxygen atoms in total. The first-order valence-electron chi connectivity index (χ1n) is 10.0. The summed E-state index contributed by atoms with van der Waals surface area (Å²) < 4.78 is 18.5. The van der Waals surface area contributed by atoms with Crippen molar-refractivity contribution in [1.82, 2.24) is 0 Å². The minimum atomic E-state index is -2.02. The van der Waals surface area contributed by atoms with Gasteiger partial charge in [0.05, 0.1) is 17.8 Å². The number of Topliss-reactive ketones (excluding diaryl/α,β-unsaturated/α-hetero) is 1. The summed E-state index contributed by atoms with van der Waals surface area (Å²) in [7, 11) is -2.02. The number of hydrogen-bond donors (Lipinski definition) is 0. The summed E-state index contributed by atoms with van der Waals surface area (Å²) in [6.45, 7) is 20.5. The molecule has 0 aromatic rings. The molecule has 6 heteroatoms. The van der Waals surface area contributed by atoms with E-state index in [9.17, 15) is 9.59 Å². The van der Waals surface area contributed by atoms with Crippen LogP contribution in [0, 0.1) is 11.3 Å². The van der Waals surface area contributed by atoms with Gasteiger partial charge in [-0.1, -0.05) is 27.7 Å². The predicted octanol–water partition coefficient (Wildman–Crippen LogP) is 4.49. The zero-order valence-electron chi connectivity index (χ0n) is 18.8. The van der Waals surface area contributed by atoms with Crippen molar-refractivity contribution >= 4 is 20.1 Å². The molecule has 0 saturated heterocycles. The second kappa shape index (κ2) is 6.96. The molecule has 156 valence electrons. The van der Waals surface area contributed by atoms with Crippen LogP contribution in [0.1, 0.15) is 68.2 Å². The summed E-state index contributed by atoms with van der Waals surface area (Å²) in [5.41, 5.74) is -0.900. The smallest absolute Gasteiger partial charge is 0.303 e. The molecule has 0 spiro atoms. The molecule has 0 aliphatic heterocycles. The van der Waals surface area contributed by atoms with Gasteiger partial charge >= 0.3 is 5.97 Å². The minimum Gasteiger partial charge on any atom is -0.454 e. The van der Waals surface area contributed by atoms with Crippen molar-refractivity contribution in [2.45, 2.75) is 110 Å². The summed E-state index contributed by atoms with van der Waals surface area (Å²) in [4.78, 5) is 24.9. The molecule has 0 aromatic heterocycles. The second-order valence-corrected chi connectivity index (χ2v) is 15.8. The van der Waals surface area contributed by atoms with Crippen molar-refractivity contribution in [3.63, 3.8) is 0 Å². The van der Waals surface area contributed by atoms with Gasteiger partial charge in [-0.2, -0.15) is 0 Å². The number of ether oxygens (including phenoxy) is 2. The number of esters is 1. The molecule has 27 heavy (non-hydrogen) atoms. The van der Waals surface area contributed by atoms with E-state index in [1.54, 1.807) is 0 Å². The summed E-state index contributed by atoms with van der Waals surface area (Å²) in [6, 6.07) is 0. The number of hydrogen-bond acceptors (Lipinski definition) is 5. The van der Waals surface area contributed by atoms with Gasteiger partial charge in [-0.3, -0.25) is 9.59 Å². The standard InChI is InChI=1S/C21H38O5Si/c1-13(22)24-18-17(23)14-11-16(25-19(2,3)4)21(18,8)12-15(14)26-27(9,10)20(5,6)7/h14-16,18H,11-12H2,1-10H3/t14-,15+,16+,18-,21-/m1/s1. The lowest BCUT2D eigenvalue weighted by atomic mass is 9.56. The molecule has 0 heterocycles. The Morgan fingerprint density at radius 1 is 1.15 bits per heavy atom. The summed E-state index contributed by atoms with van der Waals surface area (Å²) in [5, 5.41) is 0.0737. The Kier molecular flexibility index (Phi) is 5.81. The van der Waals surface area contributed by atoms with E-state index in [4.69, 9.17) is 13.9 Å². The van der Waals surface area contributed by atoms with Crippen LogP contribution >= 0.6 is 0 Å². The van der Waals surface area contributed by atoms with Crippen LogP contribution in [0.25, 0.3) is 0 Å². The average Bonchev–Trinajstić information content (AvgIpc) is 2.42. The van der Waals surface area contributed by atoms with Crippen molar-refractivity contribution < 1.29 is 23.5 Å². The van der Waals surface area contributed by atoms with E-state index in [0.29, 0.717) is 12.8 Å². The molecule has 0 N–H and O–H groups in total. The maximum Gasteiger partial charge on any atom is 0.303 e. The normalized spacial score (nSPS) is 34.7. The summed E-state index contributed by atoms with van der Waals surface area (Å²) in [5.74, 6) is -0.701. The van der Waals surface area contributed by atoms with Crippen LogP contribution in [-0.2, 0) is 23.5 Å². The first kappa shape index (κ1) is 22.6. The van der Waals surface area contributed by atoms with E-state index < -0.39 is 25.8 Å². The third kappa shape index (κ3) is 4.48. The first-order valence-corrected chi connectivity index (χ1v) is 13.0. The van der Waals surface area contributed by atoms with E-state index in [1.165, 1.54) is 6.92 Å². The van der Waals surface area contributed by atoms with Crippen molar-refractivity contribution in [3.8, 4) is 0 Å². The van der Waals surface area contributed by atoms with Gasteiger partial charge < -0.3 is 13.9 Å². The van der Waals surface area contributed by atoms with Crippen molar-refractivity contribution in [1.29, 1.82) is 0 Å². The highest BCUT2D eigenvalue weighted by molar-refractivity contribution is 6.74. The van der Waals surface area contributed by atoms with Crippen molar-refractivity contribution in [2.75, 3.05) is 0 Å². The highest BCUT2D eigenvalue weighted by Gasteiger charge is 2.63. The first-order chi connectivity index (χ1) is 12.0. The highest BCUT2D eigenvalue weighted by Crippen LogP contribution is 2.54. The number of fused-ring (bicyclic) bond motifs is 3. The van der Waals surface area contributed by atoms with Crippen LogP contribution in [0.5, 0.6) is 0 Å². The molecule has 3 fully saturated rings. The molecule has 0 aromatic carbocycles. The third-order valence-corrected chi connectivity index (χ3v) is 11.1. The Labute approximate surface area is 165 Å². The lowest BCUT2D eigenvalue weighted by Gasteiger charge is -2.57. The monoisotopic (exact) mass is 398 g/mol. The number of rotatable bonds is 4. The number of carbonyl (C=O) groups excluding carboxylic acids is 2. The molecule has 0 radical (unpaired) electrons. The lowest BCUT2D eigenvalue weighted by molar-refractivity contribution is -0.225. The fraction of sp³-hybridized carbons (Fsp3) is 0.905. The van der Waals surface area contributed by atoms with Gasteiger partial charge in [0, 0.05) is 18.3 Å². The topological polar surface area (TPSA) is 61.8 Å². The fourth-order valence-electron chi connectivity index (χ4n) is 4.10. The quantitative estimate of drug-likeness (QED) is 0.516. The molecule has 5 atom stereocenters. The van der Waals surface area contributed by atoms with Gasteiger partial charge in [-0.05, 0) is 51.7 Å². The van der Waals surface area contributed by atoms with Crippen LogP contribution < -0.4 is 0 Å². The van der Waals surface area contributed by atoms with E-state index >= 15 is 0 Å². The van der Waals surface area contributed by atoms with Crippen LogP contribution in [-0.4, -0.2) is 44.0 Å². The second-order valence-electron chi connectivity index (χ2n) is 11.1. The zero-order chi connectivity index (χ0) is 21.0. The number of ketones is 1. The highest BCUT2D eigenvalue weighted by atomic mass is 28.4. The Hall–Kier alpha value is -0.723. The Morgan fingerprint density at radius 2 is 1.70 bits per heavy atom. The van der Waals surface area contributed by atoms with Crippen LogP contribution in [0.2, 0.25) is 18.1 Å². The SMILES string of the molecule is CC(=O)O[C@@H]1C(=O)[C@@H]2C[C@H](OC(C)(C)C)[C@@]1(C)C[C@@H]2O[Si](C)(C)C(C)(C)C. The van der Waals surface area contributed by atoms with Crippen molar-refractivity contribution in [2.24, 2.45) is 11.3 Å². The summed E-state index contributed by atoms with van der Waals surface area (Å²) >= 11 is 0. The maximum absolute atomic E-state index is 13.2. The average molecular weight is 399 g/mol. The lowest BCUT2D eigenvalue weighted by Crippen LogP contribution is -2.67. The molecule has 3 aliphatic rings. The van der Waals surface area contributed by atoms with E-state index in [0.717, 1.165) is 0 Å². The van der Waals surface area contributed by atoms with Gasteiger partial charge in [0.1, 0.15) is 0 Å². The van der Waals surface area contributed by atoms with E-state index in [-0.39, 0.29) is 34.5 Å². The van der Waals surface area contributed by atoms with Gasteiger partial charge in [-0.15, -0.1) is 0 Å². The molecular weight excluding hydrogens is 360 g/mol. The van der Waals surface area contributed by atoms with Gasteiger partial charge in [-0.25, -0.2) is 0 Å². The van der Waals surface area contributed by atoms with Crippen LogP contribution in [0.3, 0.4) is 0 Å². The molecule has 3 rings (SSSR count). The molecule has 2 bridgehead atoms. The molecule has 0 amide bonds. The largest absolute Gasteiger partial charge is 0.454 e. The molecule has 3 saturated carbocycles. The predicted molar refractivity (Wildman–Crippen MR) is 108 cm³/mol. The van der Waals surface area contributed by atoms with Crippen LogP contribution in [0.15, 0.2) is 0 Å². The fourth-order valence-corrected chi connectivity index (χ4v) is 5.46. The molecule has 0 unspecified atom stereocenters. The zero-order valence-corrected chi connectivity index (χ0v) is 19.8. The Balaban J connectivity index is 2.35. The molecular formula is C21H38O5Si. The number of carbonyl (C=O) groups is 2. The van der Waals surface area contributed by atoms with Gasteiger partial charge in [0.25, 0.3) is 0 Å². The van der Waals surface area contributed by atoms with Crippen LogP contribution in [0.4, 0.5) is 0 Å². The van der Waals surface area contributed by atoms with E-state index in [2.05, 4.69) is 33.9 Å². The minimum absolute atomic E-state index is 0.00332. The van der Waals surface area contributed by atoms with E-state index in [1.807, 2.05) is 27.7 Å². The Bertz CT molecular complexity index is 601. The third-order valence-electron chi connectivity index (χ3n) is 6.55. The molecule has 3 aliphatic carbocycles. The summed E-state index contributed by atoms with van der Waals surface area (Å²) in [6.07, 6.45) is 0.289. The van der Waals surface area contributed by atoms with Crippen molar-refractivity contribution in [3.05, 3.63) is 0 Å². The maximum atomic E-state index is 13.2. The van der Waals surface area contributed by atoms with Gasteiger partial charge in [0.2, 0.25) is 0 Å². The Morgan fingerprint density at radius 3 is 2.15 bits per heavy atom.